The Morgan fingerprint density at radius 1 is 0.607 bits per heavy atom. The minimum Gasteiger partial charge on any atom is -0.393 e. The van der Waals surface area contributed by atoms with E-state index >= 15 is 0 Å². The van der Waals surface area contributed by atoms with E-state index in [9.17, 15) is 13.5 Å². The fourth-order valence-electron chi connectivity index (χ4n) is 3.69. The maximum Gasteiger partial charge on any atom is 0.267 e. The molecule has 28 heavy (non-hydrogen) atoms. The van der Waals surface area contributed by atoms with Crippen molar-refractivity contribution in [1.29, 1.82) is 0 Å². The molecule has 0 aromatic heterocycles. The molecule has 2 atom stereocenters. The number of rotatable bonds is 21. The lowest BCUT2D eigenvalue weighted by Gasteiger charge is -2.12. The van der Waals surface area contributed by atoms with Gasteiger partial charge in [0.2, 0.25) is 0 Å². The fourth-order valence-corrected chi connectivity index (χ4v) is 4.15. The standard InChI is InChI=1S/C23H48O4S/c1-3-4-5-6-7-8-9-10-11-12-13-14-15-16-17-20-23(24)21-18-19-22(2)28(25,26)27/h22-24H,3-21H2,1-2H3,(H,25,26,27). The van der Waals surface area contributed by atoms with Gasteiger partial charge in [-0.25, -0.2) is 0 Å². The van der Waals surface area contributed by atoms with Gasteiger partial charge in [0.25, 0.3) is 10.1 Å². The average molecular weight is 421 g/mol. The second kappa shape index (κ2) is 18.9. The number of aliphatic hydroxyl groups is 1. The molecule has 0 aromatic carbocycles. The zero-order valence-electron chi connectivity index (χ0n) is 18.7. The molecule has 0 aromatic rings. The highest BCUT2D eigenvalue weighted by molar-refractivity contribution is 7.86. The van der Waals surface area contributed by atoms with Crippen LogP contribution in [0.5, 0.6) is 0 Å². The predicted molar refractivity (Wildman–Crippen MR) is 120 cm³/mol. The molecule has 0 aliphatic carbocycles. The lowest BCUT2D eigenvalue weighted by atomic mass is 10.0. The van der Waals surface area contributed by atoms with Gasteiger partial charge in [-0.15, -0.1) is 0 Å². The first-order chi connectivity index (χ1) is 13.4. The van der Waals surface area contributed by atoms with E-state index in [-0.39, 0.29) is 6.10 Å². The molecule has 2 N–H and O–H groups in total. The Balaban J connectivity index is 3.26. The highest BCUT2D eigenvalue weighted by Gasteiger charge is 2.17. The van der Waals surface area contributed by atoms with E-state index in [1.54, 1.807) is 0 Å². The van der Waals surface area contributed by atoms with Crippen LogP contribution in [0.15, 0.2) is 0 Å². The number of hydrogen-bond donors (Lipinski definition) is 2. The van der Waals surface area contributed by atoms with Crippen molar-refractivity contribution in [2.45, 2.75) is 147 Å². The van der Waals surface area contributed by atoms with Gasteiger partial charge in [0.15, 0.2) is 0 Å². The highest BCUT2D eigenvalue weighted by atomic mass is 32.2. The summed E-state index contributed by atoms with van der Waals surface area (Å²) < 4.78 is 30.8. The first-order valence-corrected chi connectivity index (χ1v) is 13.5. The van der Waals surface area contributed by atoms with Gasteiger partial charge in [-0.1, -0.05) is 103 Å². The van der Waals surface area contributed by atoms with Crippen LogP contribution in [0.1, 0.15) is 136 Å². The molecule has 0 bridgehead atoms. The van der Waals surface area contributed by atoms with E-state index in [0.717, 1.165) is 12.8 Å². The van der Waals surface area contributed by atoms with Gasteiger partial charge < -0.3 is 5.11 Å². The van der Waals surface area contributed by atoms with E-state index in [0.29, 0.717) is 19.3 Å². The number of aliphatic hydroxyl groups excluding tert-OH is 1. The van der Waals surface area contributed by atoms with E-state index in [1.165, 1.54) is 96.8 Å². The van der Waals surface area contributed by atoms with Gasteiger partial charge in [-0.05, 0) is 32.6 Å². The molecule has 0 rings (SSSR count). The van der Waals surface area contributed by atoms with Gasteiger partial charge in [0.1, 0.15) is 0 Å². The Bertz CT molecular complexity index is 422. The molecule has 0 aliphatic rings. The second-order valence-electron chi connectivity index (χ2n) is 8.65. The summed E-state index contributed by atoms with van der Waals surface area (Å²) in [6, 6.07) is 0. The molecule has 0 radical (unpaired) electrons. The largest absolute Gasteiger partial charge is 0.393 e. The third-order valence-electron chi connectivity index (χ3n) is 5.80. The molecule has 0 saturated carbocycles. The van der Waals surface area contributed by atoms with Crippen molar-refractivity contribution in [3.8, 4) is 0 Å². The third-order valence-corrected chi connectivity index (χ3v) is 7.05. The summed E-state index contributed by atoms with van der Waals surface area (Å²) >= 11 is 0. The summed E-state index contributed by atoms with van der Waals surface area (Å²) in [5, 5.41) is 9.23. The monoisotopic (exact) mass is 420 g/mol. The Kier molecular flexibility index (Phi) is 18.8. The molecule has 4 nitrogen and oxygen atoms in total. The molecule has 2 unspecified atom stereocenters. The van der Waals surface area contributed by atoms with Gasteiger partial charge in [-0.2, -0.15) is 8.42 Å². The molecule has 0 heterocycles. The Morgan fingerprint density at radius 3 is 1.36 bits per heavy atom. The van der Waals surface area contributed by atoms with Crippen LogP contribution in [0, 0.1) is 0 Å². The zero-order valence-corrected chi connectivity index (χ0v) is 19.5. The SMILES string of the molecule is CCCCCCCCCCCCCCCCCC(O)CCCC(C)S(=O)(=O)O. The average Bonchev–Trinajstić information content (AvgIpc) is 2.64. The summed E-state index contributed by atoms with van der Waals surface area (Å²) in [7, 11) is -3.93. The van der Waals surface area contributed by atoms with Crippen LogP contribution in [0.25, 0.3) is 0 Å². The van der Waals surface area contributed by atoms with Crippen molar-refractivity contribution in [1.82, 2.24) is 0 Å². The molecule has 0 fully saturated rings. The van der Waals surface area contributed by atoms with Crippen LogP contribution in [-0.4, -0.2) is 29.4 Å². The quantitative estimate of drug-likeness (QED) is 0.154. The van der Waals surface area contributed by atoms with Crippen LogP contribution >= 0.6 is 0 Å². The van der Waals surface area contributed by atoms with Crippen LogP contribution < -0.4 is 0 Å². The van der Waals surface area contributed by atoms with E-state index in [2.05, 4.69) is 6.92 Å². The maximum absolute atomic E-state index is 10.9. The van der Waals surface area contributed by atoms with E-state index in [4.69, 9.17) is 4.55 Å². The molecule has 5 heteroatoms. The molecule has 0 saturated heterocycles. The van der Waals surface area contributed by atoms with Crippen molar-refractivity contribution in [2.75, 3.05) is 0 Å². The first kappa shape index (κ1) is 27.9. The summed E-state index contributed by atoms with van der Waals surface area (Å²) in [6.45, 7) is 3.78. The molecule has 170 valence electrons. The van der Waals surface area contributed by atoms with Gasteiger partial charge >= 0.3 is 0 Å². The Morgan fingerprint density at radius 2 is 0.964 bits per heavy atom. The van der Waals surface area contributed by atoms with Gasteiger partial charge in [0.05, 0.1) is 11.4 Å². The highest BCUT2D eigenvalue weighted by Crippen LogP contribution is 2.16. The normalized spacial score (nSPS) is 14.3. The molecule has 0 amide bonds. The van der Waals surface area contributed by atoms with Crippen LogP contribution in [0.4, 0.5) is 0 Å². The molecular formula is C23H48O4S. The fraction of sp³-hybridized carbons (Fsp3) is 1.00. The van der Waals surface area contributed by atoms with Crippen molar-refractivity contribution in [3.63, 3.8) is 0 Å². The van der Waals surface area contributed by atoms with Crippen molar-refractivity contribution < 1.29 is 18.1 Å². The molecular weight excluding hydrogens is 372 g/mol. The van der Waals surface area contributed by atoms with Crippen molar-refractivity contribution in [3.05, 3.63) is 0 Å². The summed E-state index contributed by atoms with van der Waals surface area (Å²) in [4.78, 5) is 0. The molecule has 0 aliphatic heterocycles. The van der Waals surface area contributed by atoms with Crippen LogP contribution in [-0.2, 0) is 10.1 Å². The molecule has 0 spiro atoms. The minimum atomic E-state index is -3.93. The van der Waals surface area contributed by atoms with Crippen molar-refractivity contribution >= 4 is 10.1 Å². The maximum atomic E-state index is 10.9. The Labute approximate surface area is 175 Å². The van der Waals surface area contributed by atoms with E-state index in [1.807, 2.05) is 0 Å². The lowest BCUT2D eigenvalue weighted by molar-refractivity contribution is 0.147. The van der Waals surface area contributed by atoms with Gasteiger partial charge in [-0.3, -0.25) is 4.55 Å². The predicted octanol–water partition coefficient (Wildman–Crippen LogP) is 7.06. The number of unbranched alkanes of at least 4 members (excludes halogenated alkanes) is 14. The smallest absolute Gasteiger partial charge is 0.267 e. The Hall–Kier alpha value is -0.130. The number of hydrogen-bond acceptors (Lipinski definition) is 3. The lowest BCUT2D eigenvalue weighted by Crippen LogP contribution is -2.17. The third kappa shape index (κ3) is 19.2. The van der Waals surface area contributed by atoms with E-state index < -0.39 is 15.4 Å². The summed E-state index contributed by atoms with van der Waals surface area (Å²) in [6.07, 6.45) is 22.2. The topological polar surface area (TPSA) is 74.6 Å². The summed E-state index contributed by atoms with van der Waals surface area (Å²) in [5.41, 5.74) is 0. The minimum absolute atomic E-state index is 0.337. The first-order valence-electron chi connectivity index (χ1n) is 12.0. The zero-order chi connectivity index (χ0) is 21.1. The van der Waals surface area contributed by atoms with Crippen LogP contribution in [0.3, 0.4) is 0 Å². The van der Waals surface area contributed by atoms with Crippen LogP contribution in [0.2, 0.25) is 0 Å². The summed E-state index contributed by atoms with van der Waals surface area (Å²) in [5.74, 6) is 0. The van der Waals surface area contributed by atoms with Crippen molar-refractivity contribution in [2.24, 2.45) is 0 Å². The second-order valence-corrected chi connectivity index (χ2v) is 10.5. The van der Waals surface area contributed by atoms with Gasteiger partial charge in [0, 0.05) is 0 Å².